The van der Waals surface area contributed by atoms with Gasteiger partial charge in [-0.2, -0.15) is 0 Å². The van der Waals surface area contributed by atoms with Crippen LogP contribution in [0.15, 0.2) is 24.3 Å². The molecule has 0 aromatic heterocycles. The molecule has 2 heteroatoms. The van der Waals surface area contributed by atoms with Crippen molar-refractivity contribution >= 4 is 0 Å². The summed E-state index contributed by atoms with van der Waals surface area (Å²) in [5.74, 6) is 0.952. The summed E-state index contributed by atoms with van der Waals surface area (Å²) in [6.45, 7) is 1.27. The monoisotopic (exact) mass is 270 g/mol. The fourth-order valence-corrected chi connectivity index (χ4v) is 5.00. The highest BCUT2D eigenvalue weighted by molar-refractivity contribution is 5.37. The summed E-state index contributed by atoms with van der Waals surface area (Å²) in [6.07, 6.45) is 9.73. The van der Waals surface area contributed by atoms with Gasteiger partial charge in [0.15, 0.2) is 0 Å². The molecule has 2 fully saturated rings. The van der Waals surface area contributed by atoms with Crippen LogP contribution in [-0.4, -0.2) is 23.5 Å². The molecule has 20 heavy (non-hydrogen) atoms. The van der Waals surface area contributed by atoms with Gasteiger partial charge in [-0.1, -0.05) is 37.1 Å². The van der Waals surface area contributed by atoms with E-state index in [1.807, 2.05) is 0 Å². The van der Waals surface area contributed by atoms with E-state index in [0.717, 1.165) is 12.0 Å². The normalized spacial score (nSPS) is 37.5. The third kappa shape index (κ3) is 2.01. The molecule has 1 aromatic rings. The molecule has 0 bridgehead atoms. The molecule has 0 radical (unpaired) electrons. The van der Waals surface area contributed by atoms with Crippen molar-refractivity contribution in [3.63, 3.8) is 0 Å². The van der Waals surface area contributed by atoms with E-state index in [0.29, 0.717) is 6.04 Å². The van der Waals surface area contributed by atoms with Crippen LogP contribution in [0.2, 0.25) is 0 Å². The molecule has 2 nitrogen and oxygen atoms in total. The molecule has 4 atom stereocenters. The van der Waals surface area contributed by atoms with Crippen LogP contribution >= 0.6 is 0 Å². The number of fused-ring (bicyclic) bond motifs is 2. The Labute approximate surface area is 122 Å². The minimum atomic E-state index is 0.229. The number of benzene rings is 1. The van der Waals surface area contributed by atoms with Crippen LogP contribution in [-0.2, 0) is 6.42 Å². The van der Waals surface area contributed by atoms with Gasteiger partial charge in [0.1, 0.15) is 0 Å². The highest BCUT2D eigenvalue weighted by Crippen LogP contribution is 2.41. The molecule has 2 N–H and O–H groups in total. The Hall–Kier alpha value is -0.860. The molecule has 0 amide bonds. The molecule has 4 rings (SSSR count). The van der Waals surface area contributed by atoms with Crippen molar-refractivity contribution in [1.29, 1.82) is 0 Å². The van der Waals surface area contributed by atoms with E-state index in [-0.39, 0.29) is 6.04 Å². The molecule has 2 aliphatic carbocycles. The van der Waals surface area contributed by atoms with Gasteiger partial charge < -0.3 is 5.73 Å². The van der Waals surface area contributed by atoms with Crippen molar-refractivity contribution in [2.24, 2.45) is 11.7 Å². The lowest BCUT2D eigenvalue weighted by molar-refractivity contribution is 0.0207. The Balaban J connectivity index is 1.59. The number of nitrogens with zero attached hydrogens (tertiary/aromatic N) is 1. The van der Waals surface area contributed by atoms with Crippen molar-refractivity contribution in [3.8, 4) is 0 Å². The quantitative estimate of drug-likeness (QED) is 0.848. The zero-order valence-corrected chi connectivity index (χ0v) is 12.3. The van der Waals surface area contributed by atoms with E-state index in [1.54, 1.807) is 0 Å². The zero-order valence-electron chi connectivity index (χ0n) is 12.3. The number of hydrogen-bond acceptors (Lipinski definition) is 2. The largest absolute Gasteiger partial charge is 0.323 e. The summed E-state index contributed by atoms with van der Waals surface area (Å²) in [4.78, 5) is 2.80. The zero-order chi connectivity index (χ0) is 13.5. The van der Waals surface area contributed by atoms with E-state index in [4.69, 9.17) is 5.73 Å². The number of likely N-dealkylation sites (tertiary alicyclic amines) is 1. The van der Waals surface area contributed by atoms with Crippen LogP contribution in [0.4, 0.5) is 0 Å². The van der Waals surface area contributed by atoms with Crippen molar-refractivity contribution < 1.29 is 0 Å². The van der Waals surface area contributed by atoms with Crippen molar-refractivity contribution in [2.45, 2.75) is 63.1 Å². The van der Waals surface area contributed by atoms with Crippen LogP contribution in [0.5, 0.6) is 0 Å². The average molecular weight is 270 g/mol. The molecular weight excluding hydrogens is 244 g/mol. The second kappa shape index (κ2) is 5.16. The molecule has 0 spiro atoms. The Morgan fingerprint density at radius 2 is 1.75 bits per heavy atom. The van der Waals surface area contributed by atoms with E-state index < -0.39 is 0 Å². The van der Waals surface area contributed by atoms with Gasteiger partial charge in [0.25, 0.3) is 0 Å². The van der Waals surface area contributed by atoms with Crippen molar-refractivity contribution in [3.05, 3.63) is 35.4 Å². The standard InChI is InChI=1S/C18H26N2/c19-18-15-9-3-1-7-14(15)12-17(18)20-11-5-8-13-6-2-4-10-16(13)20/h1,3,7,9,13,16-18H,2,4-6,8,10-12,19H2. The van der Waals surface area contributed by atoms with Gasteiger partial charge in [-0.3, -0.25) is 4.90 Å². The number of rotatable bonds is 1. The molecule has 4 unspecified atom stereocenters. The highest BCUT2D eigenvalue weighted by Gasteiger charge is 2.41. The second-order valence-electron chi connectivity index (χ2n) is 6.99. The first kappa shape index (κ1) is 12.8. The Morgan fingerprint density at radius 1 is 0.950 bits per heavy atom. The minimum Gasteiger partial charge on any atom is -0.323 e. The Bertz CT molecular complexity index is 482. The maximum absolute atomic E-state index is 6.60. The van der Waals surface area contributed by atoms with Gasteiger partial charge in [0.05, 0.1) is 0 Å². The lowest BCUT2D eigenvalue weighted by Crippen LogP contribution is -2.53. The summed E-state index contributed by atoms with van der Waals surface area (Å²) in [5, 5.41) is 0. The van der Waals surface area contributed by atoms with Gasteiger partial charge in [0.2, 0.25) is 0 Å². The summed E-state index contributed by atoms with van der Waals surface area (Å²) < 4.78 is 0. The van der Waals surface area contributed by atoms with E-state index in [9.17, 15) is 0 Å². The van der Waals surface area contributed by atoms with Crippen LogP contribution in [0.1, 0.15) is 55.7 Å². The van der Waals surface area contributed by atoms with Crippen LogP contribution < -0.4 is 5.73 Å². The lowest BCUT2D eigenvalue weighted by atomic mass is 9.77. The number of piperidine rings is 1. The van der Waals surface area contributed by atoms with Gasteiger partial charge in [-0.15, -0.1) is 0 Å². The number of hydrogen-bond donors (Lipinski definition) is 1. The van der Waals surface area contributed by atoms with Gasteiger partial charge in [0, 0.05) is 18.1 Å². The van der Waals surface area contributed by atoms with Crippen LogP contribution in [0.25, 0.3) is 0 Å². The predicted octanol–water partition coefficient (Wildman–Crippen LogP) is 3.27. The first-order valence-electron chi connectivity index (χ1n) is 8.44. The molecule has 1 aromatic carbocycles. The molecule has 1 saturated heterocycles. The van der Waals surface area contributed by atoms with E-state index in [1.165, 1.54) is 62.6 Å². The van der Waals surface area contributed by atoms with Gasteiger partial charge in [-0.25, -0.2) is 0 Å². The van der Waals surface area contributed by atoms with Crippen molar-refractivity contribution in [1.82, 2.24) is 4.90 Å². The molecule has 1 heterocycles. The topological polar surface area (TPSA) is 29.3 Å². The average Bonchev–Trinajstić information content (AvgIpc) is 2.84. The summed E-state index contributed by atoms with van der Waals surface area (Å²) >= 11 is 0. The SMILES string of the molecule is NC1c2ccccc2CC1N1CCCC2CCCCC21. The molecular formula is C18H26N2. The third-order valence-corrected chi connectivity index (χ3v) is 5.97. The predicted molar refractivity (Wildman–Crippen MR) is 82.5 cm³/mol. The fourth-order valence-electron chi connectivity index (χ4n) is 5.00. The fraction of sp³-hybridized carbons (Fsp3) is 0.667. The highest BCUT2D eigenvalue weighted by atomic mass is 15.2. The molecule has 1 saturated carbocycles. The first-order chi connectivity index (χ1) is 9.84. The van der Waals surface area contributed by atoms with Gasteiger partial charge in [-0.05, 0) is 55.7 Å². The Kier molecular flexibility index (Phi) is 3.31. The smallest absolute Gasteiger partial charge is 0.0459 e. The maximum atomic E-state index is 6.60. The van der Waals surface area contributed by atoms with E-state index in [2.05, 4.69) is 29.2 Å². The summed E-state index contributed by atoms with van der Waals surface area (Å²) in [5.41, 5.74) is 9.49. The minimum absolute atomic E-state index is 0.229. The van der Waals surface area contributed by atoms with Crippen molar-refractivity contribution in [2.75, 3.05) is 6.54 Å². The van der Waals surface area contributed by atoms with E-state index >= 15 is 0 Å². The summed E-state index contributed by atoms with van der Waals surface area (Å²) in [6, 6.07) is 10.4. The molecule has 3 aliphatic rings. The Morgan fingerprint density at radius 3 is 2.65 bits per heavy atom. The van der Waals surface area contributed by atoms with Crippen LogP contribution in [0.3, 0.4) is 0 Å². The summed E-state index contributed by atoms with van der Waals surface area (Å²) in [7, 11) is 0. The first-order valence-corrected chi connectivity index (χ1v) is 8.44. The molecule has 1 aliphatic heterocycles. The third-order valence-electron chi connectivity index (χ3n) is 5.97. The number of nitrogens with two attached hydrogens (primary N) is 1. The second-order valence-corrected chi connectivity index (χ2v) is 6.99. The lowest BCUT2D eigenvalue weighted by Gasteiger charge is -2.48. The van der Waals surface area contributed by atoms with Gasteiger partial charge >= 0.3 is 0 Å². The maximum Gasteiger partial charge on any atom is 0.0459 e. The molecule has 108 valence electrons. The van der Waals surface area contributed by atoms with Crippen LogP contribution in [0, 0.1) is 5.92 Å².